The maximum Gasteiger partial charge on any atom is 0.410 e. The van der Waals surface area contributed by atoms with Gasteiger partial charge in [-0.2, -0.15) is 0 Å². The molecule has 2 unspecified atom stereocenters. The third-order valence-electron chi connectivity index (χ3n) is 4.59. The van der Waals surface area contributed by atoms with Crippen molar-refractivity contribution in [1.29, 1.82) is 0 Å². The Bertz CT molecular complexity index is 692. The third kappa shape index (κ3) is 4.84. The first kappa shape index (κ1) is 19.3. The number of fused-ring (bicyclic) bond motifs is 1. The van der Waals surface area contributed by atoms with E-state index in [1.165, 1.54) is 0 Å². The monoisotopic (exact) mass is 376 g/mol. The van der Waals surface area contributed by atoms with Crippen LogP contribution in [0.2, 0.25) is 0 Å². The number of para-hydroxylation sites is 2. The fourth-order valence-corrected chi connectivity index (χ4v) is 3.22. The molecule has 7 heteroatoms. The molecule has 3 rings (SSSR count). The van der Waals surface area contributed by atoms with Crippen molar-refractivity contribution in [2.24, 2.45) is 0 Å². The van der Waals surface area contributed by atoms with Gasteiger partial charge in [0.15, 0.2) is 11.5 Å². The van der Waals surface area contributed by atoms with Crippen molar-refractivity contribution in [3.63, 3.8) is 0 Å². The van der Waals surface area contributed by atoms with Crippen LogP contribution in [0.1, 0.15) is 40.5 Å². The van der Waals surface area contributed by atoms with Gasteiger partial charge in [-0.1, -0.05) is 12.1 Å². The topological polar surface area (TPSA) is 77.1 Å². The van der Waals surface area contributed by atoms with Crippen LogP contribution < -0.4 is 14.8 Å². The number of rotatable bonds is 2. The lowest BCUT2D eigenvalue weighted by atomic mass is 10.0. The molecule has 1 fully saturated rings. The number of hydrogen-bond acceptors (Lipinski definition) is 5. The van der Waals surface area contributed by atoms with E-state index < -0.39 is 11.7 Å². The lowest BCUT2D eigenvalue weighted by Gasteiger charge is -2.35. The molecule has 1 aromatic carbocycles. The molecule has 1 aromatic rings. The van der Waals surface area contributed by atoms with Crippen LogP contribution in [0.25, 0.3) is 0 Å². The van der Waals surface area contributed by atoms with Crippen LogP contribution in [0.15, 0.2) is 24.3 Å². The number of amides is 2. The van der Waals surface area contributed by atoms with E-state index in [2.05, 4.69) is 5.32 Å². The van der Waals surface area contributed by atoms with Crippen LogP contribution >= 0.6 is 0 Å². The van der Waals surface area contributed by atoms with Crippen LogP contribution in [0.3, 0.4) is 0 Å². The molecule has 148 valence electrons. The first-order valence-electron chi connectivity index (χ1n) is 9.43. The summed E-state index contributed by atoms with van der Waals surface area (Å²) >= 11 is 0. The van der Waals surface area contributed by atoms with Gasteiger partial charge in [0, 0.05) is 19.1 Å². The standard InChI is InChI=1S/C20H28N2O5/c1-13-17(26-16-8-6-5-7-15(16)25-13)18(23)21-14-9-11-22(12-10-14)19(24)27-20(2,3)4/h5-8,13-14,17H,9-12H2,1-4H3,(H,21,23). The SMILES string of the molecule is CC1Oc2ccccc2OC1C(=O)NC1CCN(C(=O)OC(C)(C)C)CC1. The van der Waals surface area contributed by atoms with E-state index in [0.29, 0.717) is 37.4 Å². The van der Waals surface area contributed by atoms with Gasteiger partial charge in [0.1, 0.15) is 11.7 Å². The zero-order valence-corrected chi connectivity index (χ0v) is 16.4. The van der Waals surface area contributed by atoms with Crippen molar-refractivity contribution in [2.45, 2.75) is 64.4 Å². The summed E-state index contributed by atoms with van der Waals surface area (Å²) in [6, 6.07) is 7.34. The Morgan fingerprint density at radius 1 is 1.11 bits per heavy atom. The minimum absolute atomic E-state index is 0.00385. The van der Waals surface area contributed by atoms with Gasteiger partial charge in [-0.3, -0.25) is 4.79 Å². The predicted molar refractivity (Wildman–Crippen MR) is 99.9 cm³/mol. The van der Waals surface area contributed by atoms with Crippen molar-refractivity contribution in [3.8, 4) is 11.5 Å². The summed E-state index contributed by atoms with van der Waals surface area (Å²) in [6.07, 6.45) is -0.000354. The predicted octanol–water partition coefficient (Wildman–Crippen LogP) is 2.73. The fourth-order valence-electron chi connectivity index (χ4n) is 3.22. The third-order valence-corrected chi connectivity index (χ3v) is 4.59. The first-order chi connectivity index (χ1) is 12.7. The van der Waals surface area contributed by atoms with Gasteiger partial charge in [0.2, 0.25) is 6.10 Å². The number of carbonyl (C=O) groups is 2. The highest BCUT2D eigenvalue weighted by Gasteiger charge is 2.36. The smallest absolute Gasteiger partial charge is 0.410 e. The van der Waals surface area contributed by atoms with Crippen LogP contribution in [0.4, 0.5) is 4.79 Å². The van der Waals surface area contributed by atoms with Gasteiger partial charge < -0.3 is 24.4 Å². The summed E-state index contributed by atoms with van der Waals surface area (Å²) in [5.74, 6) is 1.04. The number of nitrogens with zero attached hydrogens (tertiary/aromatic N) is 1. The molecule has 0 aromatic heterocycles. The molecule has 0 spiro atoms. The molecular formula is C20H28N2O5. The quantitative estimate of drug-likeness (QED) is 0.859. The van der Waals surface area contributed by atoms with Crippen molar-refractivity contribution >= 4 is 12.0 Å². The molecule has 0 aliphatic carbocycles. The number of ether oxygens (including phenoxy) is 3. The van der Waals surface area contributed by atoms with Gasteiger partial charge in [-0.25, -0.2) is 4.79 Å². The Labute approximate surface area is 160 Å². The Morgan fingerprint density at radius 2 is 1.70 bits per heavy atom. The second kappa shape index (κ2) is 7.66. The minimum atomic E-state index is -0.691. The Kier molecular flexibility index (Phi) is 5.48. The van der Waals surface area contributed by atoms with Crippen molar-refractivity contribution in [2.75, 3.05) is 13.1 Å². The maximum atomic E-state index is 12.7. The maximum absolute atomic E-state index is 12.7. The van der Waals surface area contributed by atoms with Gasteiger partial charge in [0.05, 0.1) is 0 Å². The van der Waals surface area contributed by atoms with E-state index in [-0.39, 0.29) is 24.1 Å². The summed E-state index contributed by atoms with van der Waals surface area (Å²) < 4.78 is 17.0. The number of likely N-dealkylation sites (tertiary alicyclic amines) is 1. The highest BCUT2D eigenvalue weighted by atomic mass is 16.6. The summed E-state index contributed by atoms with van der Waals surface area (Å²) in [5.41, 5.74) is -0.507. The van der Waals surface area contributed by atoms with Gasteiger partial charge in [-0.05, 0) is 52.7 Å². The van der Waals surface area contributed by atoms with Gasteiger partial charge in [-0.15, -0.1) is 0 Å². The minimum Gasteiger partial charge on any atom is -0.482 e. The van der Waals surface area contributed by atoms with E-state index in [1.54, 1.807) is 11.0 Å². The summed E-state index contributed by atoms with van der Waals surface area (Å²) in [7, 11) is 0. The Hall–Kier alpha value is -2.44. The average Bonchev–Trinajstić information content (AvgIpc) is 2.60. The first-order valence-corrected chi connectivity index (χ1v) is 9.43. The van der Waals surface area contributed by atoms with Gasteiger partial charge >= 0.3 is 6.09 Å². The number of piperidine rings is 1. The Balaban J connectivity index is 1.51. The van der Waals surface area contributed by atoms with Gasteiger partial charge in [0.25, 0.3) is 5.91 Å². The highest BCUT2D eigenvalue weighted by molar-refractivity contribution is 5.82. The Morgan fingerprint density at radius 3 is 2.30 bits per heavy atom. The van der Waals surface area contributed by atoms with Crippen LogP contribution in [0, 0.1) is 0 Å². The molecule has 0 bridgehead atoms. The molecule has 27 heavy (non-hydrogen) atoms. The fraction of sp³-hybridized carbons (Fsp3) is 0.600. The van der Waals surface area contributed by atoms with E-state index >= 15 is 0 Å². The average molecular weight is 376 g/mol. The van der Waals surface area contributed by atoms with Crippen molar-refractivity contribution in [1.82, 2.24) is 10.2 Å². The molecule has 2 heterocycles. The molecule has 7 nitrogen and oxygen atoms in total. The number of benzene rings is 1. The lowest BCUT2D eigenvalue weighted by Crippen LogP contribution is -2.54. The number of nitrogens with one attached hydrogen (secondary N) is 1. The molecule has 1 N–H and O–H groups in total. The van der Waals surface area contributed by atoms with E-state index in [0.717, 1.165) is 0 Å². The van der Waals surface area contributed by atoms with E-state index in [4.69, 9.17) is 14.2 Å². The lowest BCUT2D eigenvalue weighted by molar-refractivity contribution is -0.134. The zero-order valence-electron chi connectivity index (χ0n) is 16.4. The van der Waals surface area contributed by atoms with Crippen molar-refractivity contribution in [3.05, 3.63) is 24.3 Å². The molecule has 0 radical (unpaired) electrons. The largest absolute Gasteiger partial charge is 0.482 e. The zero-order chi connectivity index (χ0) is 19.6. The molecule has 2 aliphatic rings. The summed E-state index contributed by atoms with van der Waals surface area (Å²) in [6.45, 7) is 8.49. The molecular weight excluding hydrogens is 348 g/mol. The normalized spacial score (nSPS) is 22.9. The molecule has 2 amide bonds. The second-order valence-corrected chi connectivity index (χ2v) is 8.06. The number of hydrogen-bond donors (Lipinski definition) is 1. The van der Waals surface area contributed by atoms with E-state index in [1.807, 2.05) is 45.9 Å². The molecule has 0 saturated carbocycles. The van der Waals surface area contributed by atoms with Crippen LogP contribution in [-0.4, -0.2) is 53.8 Å². The number of carbonyl (C=O) groups excluding carboxylic acids is 2. The summed E-state index contributed by atoms with van der Waals surface area (Å²) in [5, 5.41) is 3.03. The highest BCUT2D eigenvalue weighted by Crippen LogP contribution is 2.33. The summed E-state index contributed by atoms with van der Waals surface area (Å²) in [4.78, 5) is 26.5. The van der Waals surface area contributed by atoms with Crippen LogP contribution in [0.5, 0.6) is 11.5 Å². The molecule has 2 atom stereocenters. The molecule has 1 saturated heterocycles. The van der Waals surface area contributed by atoms with E-state index in [9.17, 15) is 9.59 Å². The van der Waals surface area contributed by atoms with Crippen molar-refractivity contribution < 1.29 is 23.8 Å². The van der Waals surface area contributed by atoms with Crippen LogP contribution in [-0.2, 0) is 9.53 Å². The molecule has 2 aliphatic heterocycles. The second-order valence-electron chi connectivity index (χ2n) is 8.06.